The van der Waals surface area contributed by atoms with Crippen LogP contribution in [0.15, 0.2) is 18.2 Å². The predicted molar refractivity (Wildman–Crippen MR) is 74.2 cm³/mol. The van der Waals surface area contributed by atoms with Gasteiger partial charge in [-0.2, -0.15) is 13.2 Å². The lowest BCUT2D eigenvalue weighted by Crippen LogP contribution is -2.44. The summed E-state index contributed by atoms with van der Waals surface area (Å²) in [6.07, 6.45) is -2.49. The number of fused-ring (bicyclic) bond motifs is 2. The highest BCUT2D eigenvalue weighted by molar-refractivity contribution is 7.86. The molecular weight excluding hydrogens is 320 g/mol. The molecule has 2 unspecified atom stereocenters. The van der Waals surface area contributed by atoms with Crippen LogP contribution in [0.25, 0.3) is 0 Å². The van der Waals surface area contributed by atoms with E-state index >= 15 is 0 Å². The van der Waals surface area contributed by atoms with Crippen molar-refractivity contribution >= 4 is 10.8 Å². The van der Waals surface area contributed by atoms with E-state index in [0.29, 0.717) is 12.8 Å². The van der Waals surface area contributed by atoms with Crippen LogP contribution in [0.4, 0.5) is 17.6 Å². The van der Waals surface area contributed by atoms with Crippen molar-refractivity contribution in [3.63, 3.8) is 0 Å². The quantitative estimate of drug-likeness (QED) is 0.842. The average molecular weight is 336 g/mol. The molecule has 2 saturated heterocycles. The summed E-state index contributed by atoms with van der Waals surface area (Å²) in [6, 6.07) is 2.83. The largest absolute Gasteiger partial charge is 0.419 e. The molecule has 2 nitrogen and oxygen atoms in total. The second-order valence-electron chi connectivity index (χ2n) is 6.27. The Labute approximate surface area is 128 Å². The summed E-state index contributed by atoms with van der Waals surface area (Å²) < 4.78 is 63.5. The van der Waals surface area contributed by atoms with Crippen LogP contribution in [0.1, 0.15) is 36.8 Å². The fourth-order valence-corrected chi connectivity index (χ4v) is 5.83. The lowest BCUT2D eigenvalue weighted by Gasteiger charge is -2.36. The fraction of sp³-hybridized carbons (Fsp3) is 0.600. The third kappa shape index (κ3) is 2.93. The van der Waals surface area contributed by atoms with Crippen molar-refractivity contribution in [2.75, 3.05) is 0 Å². The Hall–Kier alpha value is -0.950. The molecule has 0 radical (unpaired) electrons. The molecule has 2 aliphatic rings. The van der Waals surface area contributed by atoms with E-state index in [2.05, 4.69) is 0 Å². The summed E-state index contributed by atoms with van der Waals surface area (Å²) in [5.74, 6) is -1.31. The van der Waals surface area contributed by atoms with Crippen LogP contribution in [-0.4, -0.2) is 25.4 Å². The van der Waals surface area contributed by atoms with Gasteiger partial charge >= 0.3 is 6.18 Å². The second-order valence-corrected chi connectivity index (χ2v) is 8.26. The van der Waals surface area contributed by atoms with Crippen LogP contribution < -0.4 is 0 Å². The topological polar surface area (TPSA) is 37.3 Å². The molecule has 3 rings (SSSR count). The Morgan fingerprint density at radius 2 is 1.82 bits per heavy atom. The van der Waals surface area contributed by atoms with Crippen LogP contribution in [0, 0.1) is 5.82 Å². The molecule has 2 heterocycles. The first-order chi connectivity index (χ1) is 10.2. The highest BCUT2D eigenvalue weighted by Crippen LogP contribution is 2.42. The van der Waals surface area contributed by atoms with Crippen molar-refractivity contribution in [1.82, 2.24) is 0 Å². The van der Waals surface area contributed by atoms with Crippen molar-refractivity contribution in [2.45, 2.75) is 54.4 Å². The molecular formula is C15H16F4O2S. The van der Waals surface area contributed by atoms with Crippen LogP contribution in [-0.2, 0) is 23.4 Å². The fourth-order valence-electron chi connectivity index (χ4n) is 3.60. The molecule has 0 aliphatic carbocycles. The molecule has 0 spiro atoms. The minimum Gasteiger partial charge on any atom is -0.389 e. The van der Waals surface area contributed by atoms with Crippen LogP contribution in [0.3, 0.4) is 0 Å². The number of rotatable bonds is 2. The molecule has 0 aromatic heterocycles. The van der Waals surface area contributed by atoms with E-state index in [1.54, 1.807) is 0 Å². The first kappa shape index (κ1) is 15.9. The zero-order valence-corrected chi connectivity index (χ0v) is 12.5. The predicted octanol–water partition coefficient (Wildman–Crippen LogP) is 3.19. The maximum atomic E-state index is 13.3. The number of hydrogen-bond acceptors (Lipinski definition) is 2. The van der Waals surface area contributed by atoms with E-state index in [-0.39, 0.29) is 22.5 Å². The highest BCUT2D eigenvalue weighted by Gasteiger charge is 2.47. The Kier molecular flexibility index (Phi) is 3.84. The smallest absolute Gasteiger partial charge is 0.389 e. The Balaban J connectivity index is 1.83. The first-order valence-electron chi connectivity index (χ1n) is 7.15. The van der Waals surface area contributed by atoms with Gasteiger partial charge < -0.3 is 5.11 Å². The van der Waals surface area contributed by atoms with Crippen molar-refractivity contribution < 1.29 is 26.9 Å². The molecule has 2 fully saturated rings. The third-order valence-electron chi connectivity index (χ3n) is 4.55. The monoisotopic (exact) mass is 336 g/mol. The van der Waals surface area contributed by atoms with Crippen molar-refractivity contribution in [3.8, 4) is 0 Å². The zero-order chi connectivity index (χ0) is 16.1. The molecule has 1 aromatic carbocycles. The van der Waals surface area contributed by atoms with Crippen molar-refractivity contribution in [2.24, 2.45) is 0 Å². The summed E-state index contributed by atoms with van der Waals surface area (Å²) >= 11 is 0. The second kappa shape index (κ2) is 5.30. The average Bonchev–Trinajstić information content (AvgIpc) is 2.63. The number of benzene rings is 1. The van der Waals surface area contributed by atoms with Crippen LogP contribution in [0.5, 0.6) is 0 Å². The van der Waals surface area contributed by atoms with Gasteiger partial charge in [0.05, 0.1) is 11.2 Å². The van der Waals surface area contributed by atoms with Gasteiger partial charge in [0.15, 0.2) is 0 Å². The summed E-state index contributed by atoms with van der Waals surface area (Å²) in [5, 5.41) is 10.5. The minimum atomic E-state index is -4.75. The molecule has 22 heavy (non-hydrogen) atoms. The first-order valence-corrected chi connectivity index (χ1v) is 8.43. The standard InChI is InChI=1S/C15H16F4O2S/c16-13-4-1-9(5-12(13)15(17,18)19)6-14(20)7-10-2-3-11(8-14)22(10)21/h1,4-5,10-11,20H,2-3,6-8H2. The van der Waals surface area contributed by atoms with Crippen molar-refractivity contribution in [3.05, 3.63) is 35.1 Å². The molecule has 0 saturated carbocycles. The summed E-state index contributed by atoms with van der Waals surface area (Å²) in [4.78, 5) is 0. The lowest BCUT2D eigenvalue weighted by atomic mass is 9.86. The van der Waals surface area contributed by atoms with Gasteiger partial charge in [0, 0.05) is 27.7 Å². The molecule has 1 N–H and O–H groups in total. The molecule has 1 aromatic rings. The highest BCUT2D eigenvalue weighted by atomic mass is 32.2. The molecule has 2 aliphatic heterocycles. The van der Waals surface area contributed by atoms with Gasteiger partial charge in [-0.25, -0.2) is 4.39 Å². The summed E-state index contributed by atoms with van der Waals surface area (Å²) in [5.41, 5.74) is -2.21. The Morgan fingerprint density at radius 1 is 1.23 bits per heavy atom. The van der Waals surface area contributed by atoms with Crippen LogP contribution >= 0.6 is 0 Å². The maximum Gasteiger partial charge on any atom is 0.419 e. The normalized spacial score (nSPS) is 34.9. The van der Waals surface area contributed by atoms with Gasteiger partial charge in [-0.1, -0.05) is 6.07 Å². The van der Waals surface area contributed by atoms with Gasteiger partial charge in [0.1, 0.15) is 5.82 Å². The Morgan fingerprint density at radius 3 is 2.36 bits per heavy atom. The van der Waals surface area contributed by atoms with Crippen LogP contribution in [0.2, 0.25) is 0 Å². The molecule has 7 heteroatoms. The number of hydrogen-bond donors (Lipinski definition) is 1. The summed E-state index contributed by atoms with van der Waals surface area (Å²) in [6.45, 7) is 0. The Bertz CT molecular complexity index is 598. The van der Waals surface area contributed by atoms with Gasteiger partial charge in [-0.05, 0) is 43.4 Å². The number of halogens is 4. The molecule has 2 atom stereocenters. The van der Waals surface area contributed by atoms with Crippen molar-refractivity contribution in [1.29, 1.82) is 0 Å². The summed E-state index contributed by atoms with van der Waals surface area (Å²) in [7, 11) is -0.945. The van der Waals surface area contributed by atoms with E-state index in [0.717, 1.165) is 25.0 Å². The molecule has 2 bridgehead atoms. The van der Waals surface area contributed by atoms with Gasteiger partial charge in [0.25, 0.3) is 0 Å². The van der Waals surface area contributed by atoms with Gasteiger partial charge in [-0.3, -0.25) is 4.21 Å². The SMILES string of the molecule is O=S1C2CCC1CC(O)(Cc1ccc(F)c(C(F)(F)F)c1)C2. The number of alkyl halides is 3. The van der Waals surface area contributed by atoms with E-state index in [9.17, 15) is 26.9 Å². The van der Waals surface area contributed by atoms with E-state index in [4.69, 9.17) is 0 Å². The maximum absolute atomic E-state index is 13.3. The number of aliphatic hydroxyl groups is 1. The zero-order valence-electron chi connectivity index (χ0n) is 11.7. The van der Waals surface area contributed by atoms with E-state index < -0.39 is 34.0 Å². The van der Waals surface area contributed by atoms with Gasteiger partial charge in [0.2, 0.25) is 0 Å². The van der Waals surface area contributed by atoms with Gasteiger partial charge in [-0.15, -0.1) is 0 Å². The molecule has 122 valence electrons. The van der Waals surface area contributed by atoms with E-state index in [1.807, 2.05) is 0 Å². The third-order valence-corrected chi connectivity index (χ3v) is 6.67. The lowest BCUT2D eigenvalue weighted by molar-refractivity contribution is -0.140. The molecule has 0 amide bonds. The minimum absolute atomic E-state index is 0.0283. The van der Waals surface area contributed by atoms with E-state index in [1.165, 1.54) is 6.07 Å².